The predicted molar refractivity (Wildman–Crippen MR) is 83.4 cm³/mol. The van der Waals surface area contributed by atoms with Crippen molar-refractivity contribution in [3.63, 3.8) is 0 Å². The van der Waals surface area contributed by atoms with E-state index in [-0.39, 0.29) is 4.90 Å². The lowest BCUT2D eigenvalue weighted by Crippen LogP contribution is -2.14. The topological polar surface area (TPSA) is 80.3 Å². The molecule has 2 aromatic rings. The van der Waals surface area contributed by atoms with E-state index in [2.05, 4.69) is 15.0 Å². The second-order valence-electron chi connectivity index (χ2n) is 4.39. The molecule has 0 amide bonds. The second kappa shape index (κ2) is 6.42. The van der Waals surface area contributed by atoms with Gasteiger partial charge in [-0.3, -0.25) is 4.72 Å². The number of aryl methyl sites for hydroxylation is 1. The molecule has 0 radical (unpaired) electrons. The Balaban J connectivity index is 2.33. The van der Waals surface area contributed by atoms with E-state index in [0.717, 1.165) is 10.4 Å². The number of anilines is 1. The Morgan fingerprint density at radius 2 is 2.14 bits per heavy atom. The summed E-state index contributed by atoms with van der Waals surface area (Å²) in [5.74, 6) is 0.647. The Bertz CT molecular complexity index is 726. The molecule has 8 heteroatoms. The Kier molecular flexibility index (Phi) is 4.81. The third-order valence-electron chi connectivity index (χ3n) is 2.77. The molecule has 2 rings (SSSR count). The molecule has 0 atom stereocenters. The highest BCUT2D eigenvalue weighted by molar-refractivity contribution is 7.93. The zero-order chi connectivity index (χ0) is 15.5. The van der Waals surface area contributed by atoms with Crippen LogP contribution in [0.5, 0.6) is 5.75 Å². The van der Waals surface area contributed by atoms with Crippen LogP contribution in [-0.2, 0) is 16.6 Å². The maximum atomic E-state index is 12.4. The van der Waals surface area contributed by atoms with Crippen LogP contribution < -0.4 is 14.8 Å². The van der Waals surface area contributed by atoms with Crippen LogP contribution in [0.4, 0.5) is 5.13 Å². The number of hydrogen-bond donors (Lipinski definition) is 2. The number of sulfonamides is 1. The maximum Gasteiger partial charge on any atom is 0.263 e. The maximum absolute atomic E-state index is 12.4. The van der Waals surface area contributed by atoms with Crippen LogP contribution in [0.15, 0.2) is 29.3 Å². The zero-order valence-corrected chi connectivity index (χ0v) is 13.6. The molecule has 0 spiro atoms. The molecular formula is C13H17N3O3S2. The summed E-state index contributed by atoms with van der Waals surface area (Å²) in [6.45, 7) is 2.39. The quantitative estimate of drug-likeness (QED) is 0.848. The van der Waals surface area contributed by atoms with Crippen molar-refractivity contribution in [2.24, 2.45) is 0 Å². The first-order valence-electron chi connectivity index (χ1n) is 6.23. The number of hydrogen-bond acceptors (Lipinski definition) is 6. The summed E-state index contributed by atoms with van der Waals surface area (Å²) in [5.41, 5.74) is 0.776. The number of aromatic nitrogens is 1. The van der Waals surface area contributed by atoms with Gasteiger partial charge in [0.15, 0.2) is 5.13 Å². The van der Waals surface area contributed by atoms with Gasteiger partial charge < -0.3 is 10.1 Å². The first-order valence-corrected chi connectivity index (χ1v) is 8.53. The van der Waals surface area contributed by atoms with Crippen LogP contribution in [0.25, 0.3) is 0 Å². The average molecular weight is 327 g/mol. The lowest BCUT2D eigenvalue weighted by molar-refractivity contribution is 0.408. The smallest absolute Gasteiger partial charge is 0.263 e. The van der Waals surface area contributed by atoms with Gasteiger partial charge >= 0.3 is 0 Å². The van der Waals surface area contributed by atoms with Crippen molar-refractivity contribution in [1.82, 2.24) is 10.3 Å². The van der Waals surface area contributed by atoms with Gasteiger partial charge in [-0.1, -0.05) is 0 Å². The zero-order valence-electron chi connectivity index (χ0n) is 12.0. The molecule has 1 aromatic heterocycles. The van der Waals surface area contributed by atoms with Crippen LogP contribution in [0.2, 0.25) is 0 Å². The van der Waals surface area contributed by atoms with Gasteiger partial charge in [-0.05, 0) is 32.2 Å². The monoisotopic (exact) mass is 327 g/mol. The minimum absolute atomic E-state index is 0.182. The molecule has 21 heavy (non-hydrogen) atoms. The number of nitrogens with one attached hydrogen (secondary N) is 2. The summed E-state index contributed by atoms with van der Waals surface area (Å²) in [5, 5.41) is 3.34. The normalized spacial score (nSPS) is 11.4. The minimum Gasteiger partial charge on any atom is -0.496 e. The molecule has 1 aromatic carbocycles. The highest BCUT2D eigenvalue weighted by Crippen LogP contribution is 2.25. The molecule has 0 saturated carbocycles. The van der Waals surface area contributed by atoms with Crippen molar-refractivity contribution < 1.29 is 13.2 Å². The van der Waals surface area contributed by atoms with Crippen molar-refractivity contribution in [2.75, 3.05) is 18.9 Å². The molecule has 114 valence electrons. The number of ether oxygens (including phenoxy) is 1. The summed E-state index contributed by atoms with van der Waals surface area (Å²) < 4.78 is 32.4. The highest BCUT2D eigenvalue weighted by atomic mass is 32.2. The van der Waals surface area contributed by atoms with E-state index < -0.39 is 10.0 Å². The summed E-state index contributed by atoms with van der Waals surface area (Å²) in [7, 11) is -0.307. The lowest BCUT2D eigenvalue weighted by atomic mass is 10.2. The van der Waals surface area contributed by atoms with E-state index in [9.17, 15) is 8.42 Å². The van der Waals surface area contributed by atoms with Gasteiger partial charge in [0.05, 0.1) is 12.0 Å². The van der Waals surface area contributed by atoms with E-state index in [1.54, 1.807) is 32.5 Å². The first kappa shape index (κ1) is 15.7. The van der Waals surface area contributed by atoms with Crippen molar-refractivity contribution >= 4 is 26.5 Å². The molecule has 0 aliphatic heterocycles. The molecule has 0 saturated heterocycles. The predicted octanol–water partition coefficient (Wildman–Crippen LogP) is 1.98. The van der Waals surface area contributed by atoms with E-state index in [1.807, 2.05) is 6.92 Å². The number of thiazole rings is 1. The fourth-order valence-corrected chi connectivity index (χ4v) is 3.78. The van der Waals surface area contributed by atoms with Gasteiger partial charge in [-0.15, -0.1) is 11.3 Å². The van der Waals surface area contributed by atoms with Gasteiger partial charge in [0.25, 0.3) is 10.0 Å². The van der Waals surface area contributed by atoms with Crippen LogP contribution >= 0.6 is 11.3 Å². The Morgan fingerprint density at radius 1 is 1.38 bits per heavy atom. The number of rotatable bonds is 6. The second-order valence-corrected chi connectivity index (χ2v) is 7.30. The molecule has 0 aliphatic rings. The van der Waals surface area contributed by atoms with E-state index >= 15 is 0 Å². The van der Waals surface area contributed by atoms with Gasteiger partial charge in [0.2, 0.25) is 0 Å². The van der Waals surface area contributed by atoms with E-state index in [0.29, 0.717) is 17.4 Å². The fraction of sp³-hybridized carbons (Fsp3) is 0.308. The van der Waals surface area contributed by atoms with Gasteiger partial charge in [0, 0.05) is 23.2 Å². The molecule has 1 heterocycles. The summed E-state index contributed by atoms with van der Waals surface area (Å²) >= 11 is 1.29. The highest BCUT2D eigenvalue weighted by Gasteiger charge is 2.18. The molecular weight excluding hydrogens is 310 g/mol. The summed E-state index contributed by atoms with van der Waals surface area (Å²) in [6.07, 6.45) is 1.63. The van der Waals surface area contributed by atoms with E-state index in [4.69, 9.17) is 4.74 Å². The fourth-order valence-electron chi connectivity index (χ4n) is 1.83. The standard InChI is InChI=1S/C13H17N3O3S2/c1-9-7-15-13(20-9)16-21(17,18)11-4-5-12(19-3)10(6-11)8-14-2/h4-7,14H,8H2,1-3H3,(H,15,16). The van der Waals surface area contributed by atoms with Crippen LogP contribution in [-0.4, -0.2) is 27.6 Å². The van der Waals surface area contributed by atoms with Gasteiger partial charge in [-0.25, -0.2) is 13.4 Å². The Hall–Kier alpha value is -1.64. The number of methoxy groups -OCH3 is 1. The van der Waals surface area contributed by atoms with Crippen molar-refractivity contribution in [1.29, 1.82) is 0 Å². The van der Waals surface area contributed by atoms with Crippen molar-refractivity contribution in [3.05, 3.63) is 34.8 Å². The average Bonchev–Trinajstić information content (AvgIpc) is 2.83. The number of nitrogens with zero attached hydrogens (tertiary/aromatic N) is 1. The first-order chi connectivity index (χ1) is 9.96. The van der Waals surface area contributed by atoms with Crippen LogP contribution in [0, 0.1) is 6.92 Å². The minimum atomic E-state index is -3.65. The summed E-state index contributed by atoms with van der Waals surface area (Å²) in [6, 6.07) is 4.76. The Labute approximate surface area is 128 Å². The molecule has 2 N–H and O–H groups in total. The molecule has 0 unspecified atom stereocenters. The molecule has 6 nitrogen and oxygen atoms in total. The SMILES string of the molecule is CNCc1cc(S(=O)(=O)Nc2ncc(C)s2)ccc1OC. The van der Waals surface area contributed by atoms with E-state index in [1.165, 1.54) is 17.4 Å². The van der Waals surface area contributed by atoms with Crippen LogP contribution in [0.3, 0.4) is 0 Å². The summed E-state index contributed by atoms with van der Waals surface area (Å²) in [4.78, 5) is 5.13. The van der Waals surface area contributed by atoms with Gasteiger partial charge in [0.1, 0.15) is 5.75 Å². The number of benzene rings is 1. The molecule has 0 bridgehead atoms. The van der Waals surface area contributed by atoms with Gasteiger partial charge in [-0.2, -0.15) is 0 Å². The third kappa shape index (κ3) is 3.72. The lowest BCUT2D eigenvalue weighted by Gasteiger charge is -2.11. The molecule has 0 aliphatic carbocycles. The third-order valence-corrected chi connectivity index (χ3v) is 5.07. The van der Waals surface area contributed by atoms with Crippen LogP contribution in [0.1, 0.15) is 10.4 Å². The largest absolute Gasteiger partial charge is 0.496 e. The van der Waals surface area contributed by atoms with Crippen molar-refractivity contribution in [3.8, 4) is 5.75 Å². The molecule has 0 fully saturated rings. The Morgan fingerprint density at radius 3 is 2.71 bits per heavy atom. The van der Waals surface area contributed by atoms with Crippen molar-refractivity contribution in [2.45, 2.75) is 18.4 Å².